The molecule has 0 bridgehead atoms. The van der Waals surface area contributed by atoms with Crippen LogP contribution in [0.4, 0.5) is 10.5 Å². The normalized spacial score (nSPS) is 18.5. The first kappa shape index (κ1) is 20.5. The molecule has 3 aromatic rings. The van der Waals surface area contributed by atoms with Gasteiger partial charge in [-0.05, 0) is 60.2 Å². The lowest BCUT2D eigenvalue weighted by atomic mass is 9.92. The minimum atomic E-state index is -1.07. The Labute approximate surface area is 190 Å². The minimum Gasteiger partial charge on any atom is -0.324 e. The number of aryl methyl sites for hydroxylation is 1. The van der Waals surface area contributed by atoms with Crippen molar-refractivity contribution < 1.29 is 14.4 Å². The van der Waals surface area contributed by atoms with Gasteiger partial charge in [0.05, 0.1) is 0 Å². The summed E-state index contributed by atoms with van der Waals surface area (Å²) in [7, 11) is 0. The summed E-state index contributed by atoms with van der Waals surface area (Å²) < 4.78 is 0. The van der Waals surface area contributed by atoms with Crippen molar-refractivity contribution in [3.05, 3.63) is 95.3 Å². The van der Waals surface area contributed by atoms with Crippen LogP contribution < -0.4 is 10.6 Å². The summed E-state index contributed by atoms with van der Waals surface area (Å²) in [6.45, 7) is -0.363. The second kappa shape index (κ2) is 8.24. The summed E-state index contributed by atoms with van der Waals surface area (Å²) in [6.07, 6.45) is 2.87. The molecular formula is C26H20N4O3. The number of carbonyl (C=O) groups excluding carboxylic acids is 3. The molecule has 2 N–H and O–H groups in total. The molecule has 7 heteroatoms. The number of pyridine rings is 1. The third kappa shape index (κ3) is 3.83. The average Bonchev–Trinajstić information content (AvgIpc) is 3.32. The van der Waals surface area contributed by atoms with Crippen LogP contribution in [0.2, 0.25) is 0 Å². The molecule has 1 atom stereocenters. The number of aromatic nitrogens is 1. The van der Waals surface area contributed by atoms with E-state index in [0.717, 1.165) is 16.0 Å². The maximum absolute atomic E-state index is 13.2. The Morgan fingerprint density at radius 2 is 1.91 bits per heavy atom. The van der Waals surface area contributed by atoms with Crippen LogP contribution in [0.3, 0.4) is 0 Å². The zero-order valence-electron chi connectivity index (χ0n) is 17.7. The Kier molecular flexibility index (Phi) is 5.11. The number of urea groups is 1. The van der Waals surface area contributed by atoms with Crippen LogP contribution in [0.1, 0.15) is 28.8 Å². The molecule has 1 unspecified atom stereocenters. The van der Waals surface area contributed by atoms with E-state index < -0.39 is 17.5 Å². The number of nitrogens with zero attached hydrogens (tertiary/aromatic N) is 2. The summed E-state index contributed by atoms with van der Waals surface area (Å²) >= 11 is 0. The molecule has 1 spiro atoms. The fourth-order valence-corrected chi connectivity index (χ4v) is 4.32. The van der Waals surface area contributed by atoms with Gasteiger partial charge in [-0.2, -0.15) is 0 Å². The SMILES string of the molecule is O=C(CN1C(=O)NC2(CCc3ccccc32)C1=O)Nc1cccc(C#Cc2ccccn2)c1. The van der Waals surface area contributed by atoms with Crippen LogP contribution in [0.25, 0.3) is 0 Å². The van der Waals surface area contributed by atoms with E-state index in [1.807, 2.05) is 48.5 Å². The highest BCUT2D eigenvalue weighted by Gasteiger charge is 2.55. The van der Waals surface area contributed by atoms with Crippen LogP contribution in [0, 0.1) is 11.8 Å². The summed E-state index contributed by atoms with van der Waals surface area (Å²) in [4.78, 5) is 43.6. The summed E-state index contributed by atoms with van der Waals surface area (Å²) in [5.74, 6) is 5.13. The fraction of sp³-hybridized carbons (Fsp3) is 0.154. The fourth-order valence-electron chi connectivity index (χ4n) is 4.32. The van der Waals surface area contributed by atoms with E-state index in [-0.39, 0.29) is 12.5 Å². The van der Waals surface area contributed by atoms with Crippen molar-refractivity contribution >= 4 is 23.5 Å². The number of benzene rings is 2. The molecule has 1 aromatic heterocycles. The highest BCUT2D eigenvalue weighted by Crippen LogP contribution is 2.41. The summed E-state index contributed by atoms with van der Waals surface area (Å²) in [6, 6.07) is 19.6. The first-order valence-electron chi connectivity index (χ1n) is 10.6. The monoisotopic (exact) mass is 436 g/mol. The topological polar surface area (TPSA) is 91.4 Å². The second-order valence-corrected chi connectivity index (χ2v) is 7.98. The molecule has 1 fully saturated rings. The van der Waals surface area contributed by atoms with Gasteiger partial charge in [-0.25, -0.2) is 9.78 Å². The average molecular weight is 436 g/mol. The standard InChI is InChI=1S/C26H20N4O3/c31-23(28-21-9-5-6-18(16-21)11-12-20-8-3-4-15-27-20)17-30-24(32)26(29-25(30)33)14-13-19-7-1-2-10-22(19)26/h1-10,15-16H,13-14,17H2,(H,28,31)(H,29,33). The molecule has 0 saturated carbocycles. The first-order chi connectivity index (χ1) is 16.0. The lowest BCUT2D eigenvalue weighted by Crippen LogP contribution is -2.43. The van der Waals surface area contributed by atoms with Crippen molar-refractivity contribution in [1.29, 1.82) is 0 Å². The van der Waals surface area contributed by atoms with Gasteiger partial charge in [0.2, 0.25) is 5.91 Å². The molecule has 2 heterocycles. The van der Waals surface area contributed by atoms with Gasteiger partial charge in [-0.1, -0.05) is 42.3 Å². The van der Waals surface area contributed by atoms with E-state index in [1.165, 1.54) is 0 Å². The first-order valence-corrected chi connectivity index (χ1v) is 10.6. The molecule has 33 heavy (non-hydrogen) atoms. The van der Waals surface area contributed by atoms with E-state index in [1.54, 1.807) is 24.4 Å². The lowest BCUT2D eigenvalue weighted by molar-refractivity contribution is -0.134. The van der Waals surface area contributed by atoms with Crippen molar-refractivity contribution in [2.45, 2.75) is 18.4 Å². The maximum atomic E-state index is 13.2. The van der Waals surface area contributed by atoms with E-state index in [0.29, 0.717) is 29.8 Å². The Bertz CT molecular complexity index is 1330. The number of rotatable bonds is 3. The van der Waals surface area contributed by atoms with Gasteiger partial charge in [0.25, 0.3) is 5.91 Å². The molecule has 1 aliphatic carbocycles. The molecule has 2 aromatic carbocycles. The minimum absolute atomic E-state index is 0.363. The number of anilines is 1. The number of imide groups is 1. The lowest BCUT2D eigenvalue weighted by Gasteiger charge is -2.22. The Hall–Kier alpha value is -4.44. The van der Waals surface area contributed by atoms with Crippen LogP contribution in [-0.2, 0) is 21.5 Å². The quantitative estimate of drug-likeness (QED) is 0.488. The molecule has 1 aliphatic heterocycles. The predicted octanol–water partition coefficient (Wildman–Crippen LogP) is 2.81. The van der Waals surface area contributed by atoms with E-state index in [2.05, 4.69) is 27.5 Å². The predicted molar refractivity (Wildman–Crippen MR) is 122 cm³/mol. The highest BCUT2D eigenvalue weighted by atomic mass is 16.2. The number of hydrogen-bond acceptors (Lipinski definition) is 4. The van der Waals surface area contributed by atoms with Gasteiger partial charge in [0, 0.05) is 17.4 Å². The Morgan fingerprint density at radius 1 is 1.06 bits per heavy atom. The molecule has 4 amide bonds. The third-order valence-corrected chi connectivity index (χ3v) is 5.87. The van der Waals surface area contributed by atoms with Crippen LogP contribution in [-0.4, -0.2) is 34.3 Å². The number of fused-ring (bicyclic) bond motifs is 2. The van der Waals surface area contributed by atoms with Gasteiger partial charge in [-0.3, -0.25) is 14.5 Å². The van der Waals surface area contributed by atoms with E-state index in [9.17, 15) is 14.4 Å². The Balaban J connectivity index is 1.28. The number of amides is 4. The van der Waals surface area contributed by atoms with Crippen molar-refractivity contribution in [2.24, 2.45) is 0 Å². The number of nitrogens with one attached hydrogen (secondary N) is 2. The zero-order chi connectivity index (χ0) is 22.8. The van der Waals surface area contributed by atoms with Crippen molar-refractivity contribution in [2.75, 3.05) is 11.9 Å². The second-order valence-electron chi connectivity index (χ2n) is 7.98. The molecule has 1 saturated heterocycles. The zero-order valence-corrected chi connectivity index (χ0v) is 17.7. The van der Waals surface area contributed by atoms with Crippen molar-refractivity contribution in [3.63, 3.8) is 0 Å². The van der Waals surface area contributed by atoms with Crippen molar-refractivity contribution in [3.8, 4) is 11.8 Å². The van der Waals surface area contributed by atoms with Crippen LogP contribution in [0.5, 0.6) is 0 Å². The number of carbonyl (C=O) groups is 3. The molecule has 2 aliphatic rings. The Morgan fingerprint density at radius 3 is 2.76 bits per heavy atom. The smallest absolute Gasteiger partial charge is 0.324 e. The van der Waals surface area contributed by atoms with Crippen LogP contribution >= 0.6 is 0 Å². The number of hydrogen-bond donors (Lipinski definition) is 2. The maximum Gasteiger partial charge on any atom is 0.325 e. The highest BCUT2D eigenvalue weighted by molar-refractivity contribution is 6.10. The van der Waals surface area contributed by atoms with E-state index >= 15 is 0 Å². The van der Waals surface area contributed by atoms with Gasteiger partial charge in [0.15, 0.2) is 0 Å². The molecular weight excluding hydrogens is 416 g/mol. The van der Waals surface area contributed by atoms with E-state index in [4.69, 9.17) is 0 Å². The summed E-state index contributed by atoms with van der Waals surface area (Å²) in [5, 5.41) is 5.58. The van der Waals surface area contributed by atoms with Gasteiger partial charge >= 0.3 is 6.03 Å². The molecule has 7 nitrogen and oxygen atoms in total. The van der Waals surface area contributed by atoms with Crippen molar-refractivity contribution in [1.82, 2.24) is 15.2 Å². The molecule has 5 rings (SSSR count). The largest absolute Gasteiger partial charge is 0.325 e. The molecule has 162 valence electrons. The third-order valence-electron chi connectivity index (χ3n) is 5.87. The van der Waals surface area contributed by atoms with Crippen LogP contribution in [0.15, 0.2) is 72.9 Å². The van der Waals surface area contributed by atoms with Gasteiger partial charge in [-0.15, -0.1) is 0 Å². The van der Waals surface area contributed by atoms with Gasteiger partial charge in [0.1, 0.15) is 17.8 Å². The van der Waals surface area contributed by atoms with Gasteiger partial charge < -0.3 is 10.6 Å². The summed E-state index contributed by atoms with van der Waals surface area (Å²) in [5.41, 5.74) is 2.66. The molecule has 0 radical (unpaired) electrons.